The maximum absolute atomic E-state index is 12.4. The first-order valence-corrected chi connectivity index (χ1v) is 9.20. The lowest BCUT2D eigenvalue weighted by Crippen LogP contribution is -2.48. The number of rotatable bonds is 8. The molecular weight excluding hydrogens is 308 g/mol. The van der Waals surface area contributed by atoms with Crippen LogP contribution >= 0.6 is 23.1 Å². The number of nitrogens with one attached hydrogen (secondary N) is 1. The first kappa shape index (κ1) is 16.2. The Morgan fingerprint density at radius 3 is 2.86 bits per heavy atom. The lowest BCUT2D eigenvalue weighted by molar-refractivity contribution is -0.139. The molecule has 0 spiro atoms. The summed E-state index contributed by atoms with van der Waals surface area (Å²) in [5.41, 5.74) is 0. The summed E-state index contributed by atoms with van der Waals surface area (Å²) in [5, 5.41) is 13.8. The summed E-state index contributed by atoms with van der Waals surface area (Å²) in [7, 11) is 0. The zero-order valence-electron chi connectivity index (χ0n) is 11.9. The first-order chi connectivity index (χ1) is 10.1. The largest absolute Gasteiger partial charge is 0.480 e. The van der Waals surface area contributed by atoms with E-state index in [4.69, 9.17) is 0 Å². The molecule has 5 nitrogen and oxygen atoms in total. The molecule has 116 valence electrons. The smallest absolute Gasteiger partial charge is 0.326 e. The fraction of sp³-hybridized carbons (Fsp3) is 0.571. The minimum absolute atomic E-state index is 0.252. The Labute approximate surface area is 132 Å². The number of carboxylic acid groups (broad SMARTS) is 1. The summed E-state index contributed by atoms with van der Waals surface area (Å²) < 4.78 is 0. The quantitative estimate of drug-likeness (QED) is 0.770. The molecule has 1 atom stereocenters. The normalized spacial score (nSPS) is 15.5. The van der Waals surface area contributed by atoms with E-state index in [1.54, 1.807) is 28.0 Å². The molecule has 7 heteroatoms. The number of hydrogen-bond acceptors (Lipinski definition) is 4. The fourth-order valence-electron chi connectivity index (χ4n) is 2.05. The fourth-order valence-corrected chi connectivity index (χ4v) is 3.22. The van der Waals surface area contributed by atoms with Crippen LogP contribution in [-0.2, 0) is 11.3 Å². The van der Waals surface area contributed by atoms with E-state index in [2.05, 4.69) is 5.32 Å². The van der Waals surface area contributed by atoms with Crippen molar-refractivity contribution in [2.75, 3.05) is 12.0 Å². The Balaban J connectivity index is 1.95. The molecule has 1 aromatic rings. The van der Waals surface area contributed by atoms with Crippen LogP contribution in [0.2, 0.25) is 0 Å². The number of hydrogen-bond donors (Lipinski definition) is 2. The number of carboxylic acids is 1. The number of amides is 2. The van der Waals surface area contributed by atoms with Gasteiger partial charge in [-0.15, -0.1) is 11.3 Å². The number of nitrogens with zero attached hydrogens (tertiary/aromatic N) is 1. The second-order valence-electron chi connectivity index (χ2n) is 5.06. The topological polar surface area (TPSA) is 69.6 Å². The van der Waals surface area contributed by atoms with Gasteiger partial charge in [0.25, 0.3) is 0 Å². The van der Waals surface area contributed by atoms with Gasteiger partial charge in [0.15, 0.2) is 0 Å². The van der Waals surface area contributed by atoms with Gasteiger partial charge in [0.1, 0.15) is 6.04 Å². The van der Waals surface area contributed by atoms with Gasteiger partial charge in [-0.2, -0.15) is 11.8 Å². The van der Waals surface area contributed by atoms with Crippen molar-refractivity contribution in [3.63, 3.8) is 0 Å². The van der Waals surface area contributed by atoms with Gasteiger partial charge < -0.3 is 15.3 Å². The van der Waals surface area contributed by atoms with Crippen molar-refractivity contribution in [3.05, 3.63) is 22.4 Å². The lowest BCUT2D eigenvalue weighted by atomic mass is 10.2. The van der Waals surface area contributed by atoms with E-state index in [9.17, 15) is 14.7 Å². The van der Waals surface area contributed by atoms with E-state index < -0.39 is 12.0 Å². The van der Waals surface area contributed by atoms with Crippen LogP contribution in [0.25, 0.3) is 0 Å². The predicted molar refractivity (Wildman–Crippen MR) is 85.8 cm³/mol. The summed E-state index contributed by atoms with van der Waals surface area (Å²) >= 11 is 3.19. The van der Waals surface area contributed by atoms with Gasteiger partial charge >= 0.3 is 12.0 Å². The Kier molecular flexibility index (Phi) is 5.93. The highest BCUT2D eigenvalue weighted by molar-refractivity contribution is 7.98. The van der Waals surface area contributed by atoms with Crippen molar-refractivity contribution < 1.29 is 14.7 Å². The summed E-state index contributed by atoms with van der Waals surface area (Å²) in [6, 6.07) is 3.13. The minimum atomic E-state index is -0.968. The van der Waals surface area contributed by atoms with Crippen molar-refractivity contribution >= 4 is 35.1 Å². The van der Waals surface area contributed by atoms with Crippen molar-refractivity contribution in [2.45, 2.75) is 37.9 Å². The van der Waals surface area contributed by atoms with Crippen LogP contribution in [0.15, 0.2) is 17.5 Å². The summed E-state index contributed by atoms with van der Waals surface area (Å²) in [6.07, 6.45) is 4.37. The number of carbonyl (C=O) groups is 2. The van der Waals surface area contributed by atoms with E-state index in [0.717, 1.165) is 17.7 Å². The van der Waals surface area contributed by atoms with Crippen molar-refractivity contribution in [1.82, 2.24) is 10.2 Å². The SMILES string of the molecule is CSCCC(NC(=O)N(Cc1cccs1)C1CC1)C(=O)O. The van der Waals surface area contributed by atoms with E-state index in [0.29, 0.717) is 18.7 Å². The third-order valence-corrected chi connectivity index (χ3v) is 4.87. The van der Waals surface area contributed by atoms with Crippen LogP contribution in [0.4, 0.5) is 4.79 Å². The van der Waals surface area contributed by atoms with Crippen LogP contribution in [0, 0.1) is 0 Å². The lowest BCUT2D eigenvalue weighted by Gasteiger charge is -2.24. The highest BCUT2D eigenvalue weighted by Crippen LogP contribution is 2.29. The van der Waals surface area contributed by atoms with E-state index in [1.165, 1.54) is 0 Å². The Hall–Kier alpha value is -1.21. The number of carbonyl (C=O) groups excluding carboxylic acids is 1. The highest BCUT2D eigenvalue weighted by Gasteiger charge is 2.34. The van der Waals surface area contributed by atoms with Crippen LogP contribution < -0.4 is 5.32 Å². The molecule has 2 amide bonds. The summed E-state index contributed by atoms with van der Waals surface area (Å²) in [6.45, 7) is 0.559. The molecule has 0 aliphatic heterocycles. The molecule has 21 heavy (non-hydrogen) atoms. The molecule has 0 saturated heterocycles. The van der Waals surface area contributed by atoms with Crippen molar-refractivity contribution in [2.24, 2.45) is 0 Å². The van der Waals surface area contributed by atoms with Gasteiger partial charge in [-0.3, -0.25) is 0 Å². The maximum Gasteiger partial charge on any atom is 0.326 e. The molecular formula is C14H20N2O3S2. The van der Waals surface area contributed by atoms with E-state index in [-0.39, 0.29) is 12.1 Å². The zero-order chi connectivity index (χ0) is 15.2. The van der Waals surface area contributed by atoms with Crippen molar-refractivity contribution in [1.29, 1.82) is 0 Å². The zero-order valence-corrected chi connectivity index (χ0v) is 13.6. The number of urea groups is 1. The van der Waals surface area contributed by atoms with E-state index in [1.807, 2.05) is 23.8 Å². The molecule has 1 aliphatic carbocycles. The summed E-state index contributed by atoms with van der Waals surface area (Å²) in [4.78, 5) is 26.5. The van der Waals surface area contributed by atoms with Gasteiger partial charge in [0.2, 0.25) is 0 Å². The van der Waals surface area contributed by atoms with Crippen LogP contribution in [0.1, 0.15) is 24.1 Å². The summed E-state index contributed by atoms with van der Waals surface area (Å²) in [5.74, 6) is -0.254. The number of thioether (sulfide) groups is 1. The average Bonchev–Trinajstić information content (AvgIpc) is 3.16. The number of aliphatic carboxylic acids is 1. The standard InChI is InChI=1S/C14H20N2O3S2/c1-20-8-6-12(13(17)18)15-14(19)16(10-4-5-10)9-11-3-2-7-21-11/h2-3,7,10,12H,4-6,8-9H2,1H3,(H,15,19)(H,17,18). The highest BCUT2D eigenvalue weighted by atomic mass is 32.2. The maximum atomic E-state index is 12.4. The van der Waals surface area contributed by atoms with Gasteiger partial charge in [0, 0.05) is 10.9 Å². The van der Waals surface area contributed by atoms with Gasteiger partial charge in [-0.25, -0.2) is 9.59 Å². The Bertz CT molecular complexity index is 475. The Morgan fingerprint density at radius 1 is 1.57 bits per heavy atom. The molecule has 0 bridgehead atoms. The molecule has 2 N–H and O–H groups in total. The molecule has 1 fully saturated rings. The Morgan fingerprint density at radius 2 is 2.33 bits per heavy atom. The molecule has 1 saturated carbocycles. The van der Waals surface area contributed by atoms with Gasteiger partial charge in [-0.05, 0) is 42.7 Å². The van der Waals surface area contributed by atoms with Crippen LogP contribution in [-0.4, -0.2) is 46.1 Å². The van der Waals surface area contributed by atoms with Gasteiger partial charge in [-0.1, -0.05) is 6.07 Å². The second kappa shape index (κ2) is 7.70. The predicted octanol–water partition coefficient (Wildman–Crippen LogP) is 2.63. The number of thiophene rings is 1. The van der Waals surface area contributed by atoms with Gasteiger partial charge in [0.05, 0.1) is 6.54 Å². The van der Waals surface area contributed by atoms with Crippen LogP contribution in [0.5, 0.6) is 0 Å². The van der Waals surface area contributed by atoms with Crippen molar-refractivity contribution in [3.8, 4) is 0 Å². The van der Waals surface area contributed by atoms with Crippen LogP contribution in [0.3, 0.4) is 0 Å². The van der Waals surface area contributed by atoms with E-state index >= 15 is 0 Å². The molecule has 2 rings (SSSR count). The molecule has 1 unspecified atom stereocenters. The molecule has 0 aromatic carbocycles. The molecule has 1 aliphatic rings. The first-order valence-electron chi connectivity index (χ1n) is 6.93. The molecule has 0 radical (unpaired) electrons. The average molecular weight is 328 g/mol. The molecule has 1 aromatic heterocycles. The monoisotopic (exact) mass is 328 g/mol. The third-order valence-electron chi connectivity index (χ3n) is 3.36. The molecule has 1 heterocycles. The minimum Gasteiger partial charge on any atom is -0.480 e. The second-order valence-corrected chi connectivity index (χ2v) is 7.08. The third kappa shape index (κ3) is 4.93.